The fourth-order valence-corrected chi connectivity index (χ4v) is 1.01. The van der Waals surface area contributed by atoms with Gasteiger partial charge in [0.15, 0.2) is 0 Å². The maximum atomic E-state index is 7.39. The first-order chi connectivity index (χ1) is 5.13. The number of nitrogens with two attached hydrogens (primary N) is 1. The monoisotopic (exact) mass is 148 g/mol. The quantitative estimate of drug-likeness (QED) is 0.464. The third-order valence-electron chi connectivity index (χ3n) is 1.73. The van der Waals surface area contributed by atoms with Crippen LogP contribution >= 0.6 is 0 Å². The molecule has 0 bridgehead atoms. The van der Waals surface area contributed by atoms with Gasteiger partial charge in [-0.25, -0.2) is 0 Å². The fraction of sp³-hybridized carbons (Fsp3) is 0.222. The van der Waals surface area contributed by atoms with E-state index in [0.717, 1.165) is 16.8 Å². The number of nitrogens with one attached hydrogen (secondary N) is 1. The normalized spacial score (nSPS) is 9.64. The Kier molecular flexibility index (Phi) is 1.94. The van der Waals surface area contributed by atoms with E-state index in [1.807, 2.05) is 25.1 Å². The number of nitrogen functional groups attached to an aromatic ring is 1. The van der Waals surface area contributed by atoms with Crippen LogP contribution in [0.3, 0.4) is 0 Å². The van der Waals surface area contributed by atoms with E-state index in [2.05, 4.69) is 0 Å². The SMILES string of the molecule is CC(=N)c1cccc(C)c1N. The van der Waals surface area contributed by atoms with Crippen LogP contribution in [0.5, 0.6) is 0 Å². The first kappa shape index (κ1) is 7.79. The molecule has 0 unspecified atom stereocenters. The van der Waals surface area contributed by atoms with Crippen LogP contribution in [0.2, 0.25) is 0 Å². The number of rotatable bonds is 1. The van der Waals surface area contributed by atoms with Gasteiger partial charge >= 0.3 is 0 Å². The third-order valence-corrected chi connectivity index (χ3v) is 1.73. The molecule has 0 aliphatic carbocycles. The Morgan fingerprint density at radius 3 is 2.55 bits per heavy atom. The zero-order valence-corrected chi connectivity index (χ0v) is 6.81. The summed E-state index contributed by atoms with van der Waals surface area (Å²) in [7, 11) is 0. The highest BCUT2D eigenvalue weighted by molar-refractivity contribution is 6.01. The summed E-state index contributed by atoms with van der Waals surface area (Å²) < 4.78 is 0. The molecular weight excluding hydrogens is 136 g/mol. The second-order valence-corrected chi connectivity index (χ2v) is 2.66. The molecule has 0 aliphatic rings. The van der Waals surface area contributed by atoms with Gasteiger partial charge in [0.25, 0.3) is 0 Å². The van der Waals surface area contributed by atoms with Crippen LogP contribution in [0, 0.1) is 12.3 Å². The molecular formula is C9H12N2. The Bertz CT molecular complexity index is 290. The summed E-state index contributed by atoms with van der Waals surface area (Å²) in [5.41, 5.74) is 8.86. The van der Waals surface area contributed by atoms with Gasteiger partial charge in [0, 0.05) is 17.0 Å². The molecule has 0 radical (unpaired) electrons. The lowest BCUT2D eigenvalue weighted by atomic mass is 10.1. The van der Waals surface area contributed by atoms with E-state index in [1.54, 1.807) is 6.92 Å². The molecule has 0 saturated heterocycles. The van der Waals surface area contributed by atoms with Crippen LogP contribution in [0.15, 0.2) is 18.2 Å². The van der Waals surface area contributed by atoms with Crippen LogP contribution < -0.4 is 5.73 Å². The average Bonchev–Trinajstić information content (AvgIpc) is 1.94. The highest BCUT2D eigenvalue weighted by Crippen LogP contribution is 2.16. The molecule has 0 saturated carbocycles. The van der Waals surface area contributed by atoms with Crippen molar-refractivity contribution in [1.29, 1.82) is 5.41 Å². The van der Waals surface area contributed by atoms with Gasteiger partial charge in [-0.05, 0) is 19.4 Å². The molecule has 0 heterocycles. The molecule has 0 aromatic heterocycles. The lowest BCUT2D eigenvalue weighted by molar-refractivity contribution is 1.41. The van der Waals surface area contributed by atoms with E-state index in [4.69, 9.17) is 11.1 Å². The number of anilines is 1. The standard InChI is InChI=1S/C9H12N2/c1-6-4-3-5-8(7(2)10)9(6)11/h3-5,10H,11H2,1-2H3. The van der Waals surface area contributed by atoms with Crippen molar-refractivity contribution in [1.82, 2.24) is 0 Å². The molecule has 1 aromatic rings. The van der Waals surface area contributed by atoms with Gasteiger partial charge in [-0.3, -0.25) is 0 Å². The van der Waals surface area contributed by atoms with E-state index in [0.29, 0.717) is 5.71 Å². The highest BCUT2D eigenvalue weighted by Gasteiger charge is 2.01. The maximum absolute atomic E-state index is 7.39. The van der Waals surface area contributed by atoms with Crippen molar-refractivity contribution >= 4 is 11.4 Å². The number of para-hydroxylation sites is 1. The largest absolute Gasteiger partial charge is 0.398 e. The van der Waals surface area contributed by atoms with Crippen LogP contribution in [-0.2, 0) is 0 Å². The summed E-state index contributed by atoms with van der Waals surface area (Å²) >= 11 is 0. The Morgan fingerprint density at radius 1 is 1.45 bits per heavy atom. The van der Waals surface area contributed by atoms with E-state index in [9.17, 15) is 0 Å². The van der Waals surface area contributed by atoms with Crippen molar-refractivity contribution in [3.05, 3.63) is 29.3 Å². The molecule has 0 aliphatic heterocycles. The number of hydrogen-bond donors (Lipinski definition) is 2. The summed E-state index contributed by atoms with van der Waals surface area (Å²) in [6, 6.07) is 5.73. The summed E-state index contributed by atoms with van der Waals surface area (Å²) in [5, 5.41) is 7.39. The van der Waals surface area contributed by atoms with Crippen molar-refractivity contribution in [3.8, 4) is 0 Å². The molecule has 2 nitrogen and oxygen atoms in total. The van der Waals surface area contributed by atoms with Crippen LogP contribution in [-0.4, -0.2) is 5.71 Å². The van der Waals surface area contributed by atoms with E-state index < -0.39 is 0 Å². The van der Waals surface area contributed by atoms with Crippen LogP contribution in [0.4, 0.5) is 5.69 Å². The molecule has 11 heavy (non-hydrogen) atoms. The Labute approximate surface area is 66.6 Å². The summed E-state index contributed by atoms with van der Waals surface area (Å²) in [5.74, 6) is 0. The molecule has 3 N–H and O–H groups in total. The van der Waals surface area contributed by atoms with Crippen molar-refractivity contribution < 1.29 is 0 Å². The van der Waals surface area contributed by atoms with Gasteiger partial charge in [-0.15, -0.1) is 0 Å². The lowest BCUT2D eigenvalue weighted by Crippen LogP contribution is -2.00. The van der Waals surface area contributed by atoms with Crippen LogP contribution in [0.25, 0.3) is 0 Å². The summed E-state index contributed by atoms with van der Waals surface area (Å²) in [4.78, 5) is 0. The molecule has 2 heteroatoms. The Balaban J connectivity index is 3.27. The number of hydrogen-bond acceptors (Lipinski definition) is 2. The van der Waals surface area contributed by atoms with Gasteiger partial charge in [0.2, 0.25) is 0 Å². The summed E-state index contributed by atoms with van der Waals surface area (Å²) in [6.45, 7) is 3.69. The van der Waals surface area contributed by atoms with Crippen LogP contribution in [0.1, 0.15) is 18.1 Å². The average molecular weight is 148 g/mol. The van der Waals surface area contributed by atoms with Crippen molar-refractivity contribution in [2.75, 3.05) is 5.73 Å². The first-order valence-electron chi connectivity index (χ1n) is 3.53. The maximum Gasteiger partial charge on any atom is 0.0435 e. The van der Waals surface area contributed by atoms with Crippen molar-refractivity contribution in [2.24, 2.45) is 0 Å². The summed E-state index contributed by atoms with van der Waals surface area (Å²) in [6.07, 6.45) is 0. The first-order valence-corrected chi connectivity index (χ1v) is 3.53. The second-order valence-electron chi connectivity index (χ2n) is 2.66. The topological polar surface area (TPSA) is 49.9 Å². The van der Waals surface area contributed by atoms with Gasteiger partial charge in [-0.1, -0.05) is 18.2 Å². The predicted octanol–water partition coefficient (Wildman–Crippen LogP) is 1.96. The minimum absolute atomic E-state index is 0.520. The van der Waals surface area contributed by atoms with Crippen molar-refractivity contribution in [2.45, 2.75) is 13.8 Å². The zero-order chi connectivity index (χ0) is 8.43. The number of aryl methyl sites for hydroxylation is 1. The van der Waals surface area contributed by atoms with E-state index >= 15 is 0 Å². The minimum atomic E-state index is 0.520. The molecule has 1 aromatic carbocycles. The zero-order valence-electron chi connectivity index (χ0n) is 6.81. The second kappa shape index (κ2) is 2.74. The van der Waals surface area contributed by atoms with Gasteiger partial charge in [-0.2, -0.15) is 0 Å². The van der Waals surface area contributed by atoms with Gasteiger partial charge in [0.05, 0.1) is 0 Å². The Morgan fingerprint density at radius 2 is 2.09 bits per heavy atom. The molecule has 1 rings (SSSR count). The smallest absolute Gasteiger partial charge is 0.0435 e. The molecule has 0 fully saturated rings. The van der Waals surface area contributed by atoms with Gasteiger partial charge < -0.3 is 11.1 Å². The van der Waals surface area contributed by atoms with Gasteiger partial charge in [0.1, 0.15) is 0 Å². The highest BCUT2D eigenvalue weighted by atomic mass is 14.6. The third kappa shape index (κ3) is 1.40. The molecule has 0 atom stereocenters. The number of benzene rings is 1. The predicted molar refractivity (Wildman–Crippen MR) is 48.1 cm³/mol. The van der Waals surface area contributed by atoms with Crippen molar-refractivity contribution in [3.63, 3.8) is 0 Å². The molecule has 0 amide bonds. The Hall–Kier alpha value is -1.31. The fourth-order valence-electron chi connectivity index (χ4n) is 1.01. The minimum Gasteiger partial charge on any atom is -0.398 e. The molecule has 58 valence electrons. The lowest BCUT2D eigenvalue weighted by Gasteiger charge is -2.05. The van der Waals surface area contributed by atoms with E-state index in [1.165, 1.54) is 0 Å². The molecule has 0 spiro atoms. The van der Waals surface area contributed by atoms with E-state index in [-0.39, 0.29) is 0 Å².